The molecular formula is C29H31N3O4. The van der Waals surface area contributed by atoms with Crippen LogP contribution in [0.1, 0.15) is 37.5 Å². The summed E-state index contributed by atoms with van der Waals surface area (Å²) in [6.45, 7) is 6.90. The van der Waals surface area contributed by atoms with Crippen LogP contribution in [-0.2, 0) is 16.0 Å². The summed E-state index contributed by atoms with van der Waals surface area (Å²) in [6, 6.07) is 21.5. The van der Waals surface area contributed by atoms with Gasteiger partial charge in [-0.15, -0.1) is 0 Å². The van der Waals surface area contributed by atoms with E-state index in [1.807, 2.05) is 80.6 Å². The van der Waals surface area contributed by atoms with Crippen LogP contribution in [0, 0.1) is 0 Å². The van der Waals surface area contributed by atoms with Crippen molar-refractivity contribution in [2.24, 2.45) is 0 Å². The molecule has 0 fully saturated rings. The van der Waals surface area contributed by atoms with E-state index >= 15 is 0 Å². The van der Waals surface area contributed by atoms with E-state index in [1.165, 1.54) is 6.92 Å². The first-order valence-electron chi connectivity index (χ1n) is 12.2. The maximum absolute atomic E-state index is 13.3. The second-order valence-corrected chi connectivity index (χ2v) is 8.34. The molecule has 7 nitrogen and oxygen atoms in total. The lowest BCUT2D eigenvalue weighted by atomic mass is 9.99. The van der Waals surface area contributed by atoms with E-state index in [1.54, 1.807) is 0 Å². The lowest BCUT2D eigenvalue weighted by Gasteiger charge is -2.16. The van der Waals surface area contributed by atoms with Gasteiger partial charge in [0.25, 0.3) is 5.91 Å². The summed E-state index contributed by atoms with van der Waals surface area (Å²) >= 11 is 0. The molecule has 1 aliphatic heterocycles. The van der Waals surface area contributed by atoms with E-state index in [4.69, 9.17) is 9.47 Å². The molecule has 3 aromatic carbocycles. The molecule has 36 heavy (non-hydrogen) atoms. The highest BCUT2D eigenvalue weighted by Crippen LogP contribution is 2.43. The molecule has 0 spiro atoms. The summed E-state index contributed by atoms with van der Waals surface area (Å²) in [5.74, 6) is 0.967. The van der Waals surface area contributed by atoms with Crippen molar-refractivity contribution >= 4 is 34.5 Å². The van der Waals surface area contributed by atoms with Crippen LogP contribution in [0.3, 0.4) is 0 Å². The Morgan fingerprint density at radius 3 is 2.22 bits per heavy atom. The fourth-order valence-electron chi connectivity index (χ4n) is 4.13. The smallest absolute Gasteiger partial charge is 0.258 e. The maximum atomic E-state index is 13.3. The summed E-state index contributed by atoms with van der Waals surface area (Å²) in [4.78, 5) is 24.4. The van der Waals surface area contributed by atoms with Gasteiger partial charge in [-0.3, -0.25) is 9.59 Å². The average Bonchev–Trinajstić information content (AvgIpc) is 3.18. The van der Waals surface area contributed by atoms with Gasteiger partial charge in [-0.05, 0) is 49.6 Å². The Labute approximate surface area is 211 Å². The quantitative estimate of drug-likeness (QED) is 0.348. The lowest BCUT2D eigenvalue weighted by Crippen LogP contribution is -2.22. The zero-order chi connectivity index (χ0) is 25.5. The Bertz CT molecular complexity index is 1270. The van der Waals surface area contributed by atoms with Crippen LogP contribution in [0.15, 0.2) is 66.7 Å². The lowest BCUT2D eigenvalue weighted by molar-refractivity contribution is -0.119. The minimum Gasteiger partial charge on any atom is -0.490 e. The molecule has 3 aromatic rings. The SMILES string of the molecule is CCOc1cc2c(cc1OCC)/C(=C(/Nc1ccc(CCNC(C)=O)cc1)c1ccccc1)C(=O)N2. The normalized spacial score (nSPS) is 13.5. The number of hydrogen-bond acceptors (Lipinski definition) is 5. The molecule has 2 amide bonds. The summed E-state index contributed by atoms with van der Waals surface area (Å²) in [7, 11) is 0. The number of carbonyl (C=O) groups is 2. The van der Waals surface area contributed by atoms with Crippen molar-refractivity contribution in [1.82, 2.24) is 5.32 Å². The van der Waals surface area contributed by atoms with Crippen LogP contribution in [0.4, 0.5) is 11.4 Å². The Balaban J connectivity index is 1.73. The molecule has 1 heterocycles. The highest BCUT2D eigenvalue weighted by atomic mass is 16.5. The van der Waals surface area contributed by atoms with Crippen molar-refractivity contribution in [2.75, 3.05) is 30.4 Å². The van der Waals surface area contributed by atoms with Crippen molar-refractivity contribution in [2.45, 2.75) is 27.2 Å². The van der Waals surface area contributed by atoms with Gasteiger partial charge in [-0.2, -0.15) is 0 Å². The molecule has 0 radical (unpaired) electrons. The fourth-order valence-corrected chi connectivity index (χ4v) is 4.13. The van der Waals surface area contributed by atoms with E-state index in [9.17, 15) is 9.59 Å². The first-order chi connectivity index (χ1) is 17.5. The number of carbonyl (C=O) groups excluding carboxylic acids is 2. The molecular weight excluding hydrogens is 454 g/mol. The van der Waals surface area contributed by atoms with Crippen molar-refractivity contribution < 1.29 is 19.1 Å². The van der Waals surface area contributed by atoms with E-state index in [2.05, 4.69) is 16.0 Å². The molecule has 1 aliphatic rings. The largest absolute Gasteiger partial charge is 0.490 e. The zero-order valence-electron chi connectivity index (χ0n) is 20.8. The molecule has 0 unspecified atom stereocenters. The summed E-state index contributed by atoms with van der Waals surface area (Å²) < 4.78 is 11.6. The van der Waals surface area contributed by atoms with Gasteiger partial charge in [0.2, 0.25) is 5.91 Å². The summed E-state index contributed by atoms with van der Waals surface area (Å²) in [6.07, 6.45) is 0.741. The second kappa shape index (κ2) is 11.4. The zero-order valence-corrected chi connectivity index (χ0v) is 20.8. The minimum atomic E-state index is -0.195. The monoisotopic (exact) mass is 485 g/mol. The third-order valence-corrected chi connectivity index (χ3v) is 5.75. The van der Waals surface area contributed by atoms with Gasteiger partial charge in [0.15, 0.2) is 11.5 Å². The predicted molar refractivity (Wildman–Crippen MR) is 143 cm³/mol. The Morgan fingerprint density at radius 2 is 1.58 bits per heavy atom. The van der Waals surface area contributed by atoms with Crippen LogP contribution < -0.4 is 25.4 Å². The highest BCUT2D eigenvalue weighted by Gasteiger charge is 2.30. The van der Waals surface area contributed by atoms with Gasteiger partial charge in [0.1, 0.15) is 0 Å². The Morgan fingerprint density at radius 1 is 0.917 bits per heavy atom. The molecule has 0 bridgehead atoms. The van der Waals surface area contributed by atoms with Crippen LogP contribution >= 0.6 is 0 Å². The molecule has 7 heteroatoms. The molecule has 0 saturated carbocycles. The highest BCUT2D eigenvalue weighted by molar-refractivity contribution is 6.37. The number of hydrogen-bond donors (Lipinski definition) is 3. The van der Waals surface area contributed by atoms with Gasteiger partial charge in [-0.25, -0.2) is 0 Å². The van der Waals surface area contributed by atoms with Crippen LogP contribution in [0.5, 0.6) is 11.5 Å². The topological polar surface area (TPSA) is 88.7 Å². The van der Waals surface area contributed by atoms with Crippen LogP contribution in [0.25, 0.3) is 11.3 Å². The van der Waals surface area contributed by atoms with E-state index in [-0.39, 0.29) is 11.8 Å². The third kappa shape index (κ3) is 5.68. The number of anilines is 2. The van der Waals surface area contributed by atoms with Gasteiger partial charge in [0, 0.05) is 30.8 Å². The number of rotatable bonds is 10. The summed E-state index contributed by atoms with van der Waals surface area (Å²) in [5, 5.41) is 9.28. The number of amides is 2. The van der Waals surface area contributed by atoms with Crippen molar-refractivity contribution in [3.63, 3.8) is 0 Å². The third-order valence-electron chi connectivity index (χ3n) is 5.75. The molecule has 0 aromatic heterocycles. The second-order valence-electron chi connectivity index (χ2n) is 8.34. The van der Waals surface area contributed by atoms with Crippen molar-refractivity contribution in [3.8, 4) is 11.5 Å². The van der Waals surface area contributed by atoms with E-state index < -0.39 is 0 Å². The fraction of sp³-hybridized carbons (Fsp3) is 0.241. The molecule has 0 saturated heterocycles. The molecule has 0 aliphatic carbocycles. The van der Waals surface area contributed by atoms with Crippen molar-refractivity contribution in [1.29, 1.82) is 0 Å². The van der Waals surface area contributed by atoms with Gasteiger partial charge >= 0.3 is 0 Å². The average molecular weight is 486 g/mol. The number of nitrogens with one attached hydrogen (secondary N) is 3. The predicted octanol–water partition coefficient (Wildman–Crippen LogP) is 5.10. The van der Waals surface area contributed by atoms with E-state index in [0.29, 0.717) is 48.2 Å². The van der Waals surface area contributed by atoms with E-state index in [0.717, 1.165) is 28.8 Å². The van der Waals surface area contributed by atoms with Gasteiger partial charge < -0.3 is 25.4 Å². The first-order valence-corrected chi connectivity index (χ1v) is 12.2. The number of fused-ring (bicyclic) bond motifs is 1. The number of ether oxygens (including phenoxy) is 2. The first kappa shape index (κ1) is 24.9. The van der Waals surface area contributed by atoms with Crippen LogP contribution in [-0.4, -0.2) is 31.6 Å². The van der Waals surface area contributed by atoms with Crippen molar-refractivity contribution in [3.05, 3.63) is 83.4 Å². The summed E-state index contributed by atoms with van der Waals surface area (Å²) in [5.41, 5.74) is 5.52. The molecule has 186 valence electrons. The molecule has 3 N–H and O–H groups in total. The van der Waals surface area contributed by atoms with Crippen LogP contribution in [0.2, 0.25) is 0 Å². The maximum Gasteiger partial charge on any atom is 0.258 e. The standard InChI is InChI=1S/C29H31N3O4/c1-4-35-25-17-23-24(18-26(25)36-5-2)32-29(34)27(23)28(21-9-7-6-8-10-21)31-22-13-11-20(12-14-22)15-16-30-19(3)33/h6-14,17-18,31H,4-5,15-16H2,1-3H3,(H,30,33)(H,32,34)/b28-27-. The number of benzene rings is 3. The Hall–Kier alpha value is -4.26. The molecule has 4 rings (SSSR count). The Kier molecular flexibility index (Phi) is 7.90. The van der Waals surface area contributed by atoms with Gasteiger partial charge in [-0.1, -0.05) is 42.5 Å². The minimum absolute atomic E-state index is 0.0385. The van der Waals surface area contributed by atoms with Gasteiger partial charge in [0.05, 0.1) is 30.2 Å². The molecule has 0 atom stereocenters.